The zero-order valence-electron chi connectivity index (χ0n) is 15.7. The normalized spacial score (nSPS) is 14.5. The van der Waals surface area contributed by atoms with E-state index < -0.39 is 11.7 Å². The minimum absolute atomic E-state index is 0. The summed E-state index contributed by atoms with van der Waals surface area (Å²) in [5, 5.41) is 0. The summed E-state index contributed by atoms with van der Waals surface area (Å²) in [6.07, 6.45) is 1.73. The maximum Gasteiger partial charge on any atom is 3.00 e. The van der Waals surface area contributed by atoms with Crippen LogP contribution >= 0.6 is 0 Å². The van der Waals surface area contributed by atoms with E-state index in [9.17, 15) is 13.2 Å². The minimum Gasteiger partial charge on any atom is -1.00 e. The van der Waals surface area contributed by atoms with E-state index in [0.717, 1.165) is 28.5 Å². The van der Waals surface area contributed by atoms with Crippen LogP contribution in [0, 0.1) is 6.08 Å². The van der Waals surface area contributed by atoms with Gasteiger partial charge < -0.3 is 24.8 Å². The van der Waals surface area contributed by atoms with Crippen molar-refractivity contribution < 1.29 is 55.3 Å². The first-order valence-corrected chi connectivity index (χ1v) is 8.79. The summed E-state index contributed by atoms with van der Waals surface area (Å²) in [5.74, 6) is 0.00384. The van der Waals surface area contributed by atoms with Crippen LogP contribution in [0.25, 0.3) is 5.57 Å². The fourth-order valence-corrected chi connectivity index (χ4v) is 3.62. The van der Waals surface area contributed by atoms with Crippen molar-refractivity contribution in [3.63, 3.8) is 0 Å². The standard InChI is InChI=1S/C23H17F3N.2ClH.Cr/c24-23(25,26)22-11-4-1-7-16(22)13-17-14-18(15-19-8-5-6-12-27-19)21-10-3-2-9-20(17)21;;;/h1-12,18H,13,15H2;2*1H;/q-1;;;+3/p-2. The third-order valence-electron chi connectivity index (χ3n) is 4.84. The molecule has 1 aliphatic rings. The smallest absolute Gasteiger partial charge is 1.00 e. The van der Waals surface area contributed by atoms with Crippen molar-refractivity contribution in [1.29, 1.82) is 0 Å². The number of alkyl halides is 3. The summed E-state index contributed by atoms with van der Waals surface area (Å²) in [6.45, 7) is 0. The quantitative estimate of drug-likeness (QED) is 0.468. The van der Waals surface area contributed by atoms with Gasteiger partial charge in [-0.25, -0.2) is 5.57 Å². The minimum atomic E-state index is -4.36. The Hall–Kier alpha value is -1.77. The molecule has 3 aromatic rings. The third-order valence-corrected chi connectivity index (χ3v) is 4.84. The van der Waals surface area contributed by atoms with Crippen molar-refractivity contribution in [3.05, 3.63) is 107 Å². The Labute approximate surface area is 197 Å². The number of halogens is 5. The molecule has 1 radical (unpaired) electrons. The summed E-state index contributed by atoms with van der Waals surface area (Å²) >= 11 is 0. The number of benzene rings is 2. The van der Waals surface area contributed by atoms with Crippen molar-refractivity contribution in [2.45, 2.75) is 24.9 Å². The van der Waals surface area contributed by atoms with Crippen LogP contribution in [-0.4, -0.2) is 4.98 Å². The van der Waals surface area contributed by atoms with Gasteiger partial charge >= 0.3 is 23.5 Å². The molecule has 0 N–H and O–H groups in total. The molecule has 7 heteroatoms. The van der Waals surface area contributed by atoms with Crippen LogP contribution < -0.4 is 24.8 Å². The van der Waals surface area contributed by atoms with Crippen molar-refractivity contribution in [1.82, 2.24) is 4.98 Å². The summed E-state index contributed by atoms with van der Waals surface area (Å²) in [7, 11) is 0. The summed E-state index contributed by atoms with van der Waals surface area (Å²) in [4.78, 5) is 4.37. The molecule has 0 saturated heterocycles. The van der Waals surface area contributed by atoms with E-state index in [2.05, 4.69) is 11.1 Å². The van der Waals surface area contributed by atoms with Crippen molar-refractivity contribution in [2.24, 2.45) is 0 Å². The molecule has 0 fully saturated rings. The zero-order chi connectivity index (χ0) is 18.9. The molecular weight excluding hydrogens is 470 g/mol. The number of rotatable bonds is 4. The Morgan fingerprint density at radius 2 is 1.53 bits per heavy atom. The Morgan fingerprint density at radius 1 is 0.867 bits per heavy atom. The number of hydrogen-bond donors (Lipinski definition) is 0. The first-order chi connectivity index (χ1) is 13.0. The van der Waals surface area contributed by atoms with Crippen LogP contribution in [0.2, 0.25) is 0 Å². The van der Waals surface area contributed by atoms with E-state index in [4.69, 9.17) is 0 Å². The average molecular weight is 487 g/mol. The van der Waals surface area contributed by atoms with E-state index in [1.165, 1.54) is 6.07 Å². The predicted octanol–water partition coefficient (Wildman–Crippen LogP) is -0.125. The molecule has 1 aliphatic carbocycles. The molecule has 155 valence electrons. The molecule has 0 bridgehead atoms. The van der Waals surface area contributed by atoms with Crippen LogP contribution in [0.4, 0.5) is 13.2 Å². The van der Waals surface area contributed by atoms with Crippen LogP contribution in [0.5, 0.6) is 0 Å². The number of pyridine rings is 1. The summed E-state index contributed by atoms with van der Waals surface area (Å²) < 4.78 is 40.0. The SMILES string of the molecule is FC(F)(F)c1ccccc1CC1=[C-]C(Cc2ccccn2)c2ccccc21.[Cl-].[Cl-].[Cr+3]. The van der Waals surface area contributed by atoms with Gasteiger partial charge in [-0.05, 0) is 36.6 Å². The van der Waals surface area contributed by atoms with Crippen molar-refractivity contribution >= 4 is 5.57 Å². The van der Waals surface area contributed by atoms with Gasteiger partial charge in [-0.15, -0.1) is 11.6 Å². The monoisotopic (exact) mass is 486 g/mol. The van der Waals surface area contributed by atoms with Crippen LogP contribution in [0.3, 0.4) is 0 Å². The molecule has 0 spiro atoms. The van der Waals surface area contributed by atoms with Crippen LogP contribution in [-0.2, 0) is 36.4 Å². The molecule has 1 unspecified atom stereocenters. The second kappa shape index (κ2) is 11.0. The van der Waals surface area contributed by atoms with E-state index in [1.807, 2.05) is 42.5 Å². The van der Waals surface area contributed by atoms with Crippen LogP contribution in [0.15, 0.2) is 72.9 Å². The molecule has 4 rings (SSSR count). The Kier molecular flexibility index (Phi) is 9.65. The Bertz CT molecular complexity index is 991. The fourth-order valence-electron chi connectivity index (χ4n) is 3.62. The van der Waals surface area contributed by atoms with E-state index >= 15 is 0 Å². The number of fused-ring (bicyclic) bond motifs is 1. The van der Waals surface area contributed by atoms with E-state index in [-0.39, 0.29) is 60.1 Å². The number of aromatic nitrogens is 1. The second-order valence-corrected chi connectivity index (χ2v) is 6.62. The molecule has 0 amide bonds. The molecule has 1 heterocycles. The fraction of sp³-hybridized carbons (Fsp3) is 0.174. The van der Waals surface area contributed by atoms with Gasteiger partial charge in [0.25, 0.3) is 0 Å². The second-order valence-electron chi connectivity index (χ2n) is 6.62. The van der Waals surface area contributed by atoms with Gasteiger partial charge in [-0.3, -0.25) is 11.1 Å². The molecule has 0 saturated carbocycles. The van der Waals surface area contributed by atoms with Gasteiger partial charge in [-0.1, -0.05) is 48.4 Å². The molecule has 1 atom stereocenters. The molecule has 2 aromatic carbocycles. The van der Waals surface area contributed by atoms with Gasteiger partial charge in [0.15, 0.2) is 0 Å². The van der Waals surface area contributed by atoms with E-state index in [1.54, 1.807) is 18.3 Å². The van der Waals surface area contributed by atoms with Gasteiger partial charge in [0.05, 0.1) is 5.56 Å². The maximum absolute atomic E-state index is 13.3. The molecule has 1 nitrogen and oxygen atoms in total. The maximum atomic E-state index is 13.3. The third kappa shape index (κ3) is 5.68. The van der Waals surface area contributed by atoms with Gasteiger partial charge in [0, 0.05) is 11.9 Å². The number of allylic oxidation sites excluding steroid dienone is 2. The number of nitrogens with zero attached hydrogens (tertiary/aromatic N) is 1. The Morgan fingerprint density at radius 3 is 2.23 bits per heavy atom. The predicted molar refractivity (Wildman–Crippen MR) is 98.9 cm³/mol. The molecule has 0 aliphatic heterocycles. The van der Waals surface area contributed by atoms with Gasteiger partial charge in [0.2, 0.25) is 0 Å². The summed E-state index contributed by atoms with van der Waals surface area (Å²) in [6, 6.07) is 19.4. The molecule has 1 aromatic heterocycles. The van der Waals surface area contributed by atoms with Crippen LogP contribution in [0.1, 0.15) is 33.9 Å². The summed E-state index contributed by atoms with van der Waals surface area (Å²) in [5.41, 5.74) is 3.55. The zero-order valence-corrected chi connectivity index (χ0v) is 18.5. The van der Waals surface area contributed by atoms with Gasteiger partial charge in [0.1, 0.15) is 0 Å². The first kappa shape index (κ1) is 26.3. The van der Waals surface area contributed by atoms with Gasteiger partial charge in [-0.2, -0.15) is 18.7 Å². The number of hydrogen-bond acceptors (Lipinski definition) is 1. The molecule has 30 heavy (non-hydrogen) atoms. The van der Waals surface area contributed by atoms with E-state index in [0.29, 0.717) is 6.42 Å². The largest absolute Gasteiger partial charge is 3.00 e. The molecular formula is C23H17Cl2CrF3N. The Balaban J connectivity index is 0.00000150. The topological polar surface area (TPSA) is 12.9 Å². The van der Waals surface area contributed by atoms with Crippen molar-refractivity contribution in [2.75, 3.05) is 0 Å². The van der Waals surface area contributed by atoms with Crippen molar-refractivity contribution in [3.8, 4) is 0 Å². The first-order valence-electron chi connectivity index (χ1n) is 8.79. The average Bonchev–Trinajstić information content (AvgIpc) is 3.00.